The van der Waals surface area contributed by atoms with E-state index in [1.54, 1.807) is 23.2 Å². The fraction of sp³-hybridized carbons (Fsp3) is 0.222. The highest BCUT2D eigenvalue weighted by atomic mass is 19.1. The smallest absolute Gasteiger partial charge is 0.232 e. The van der Waals surface area contributed by atoms with Gasteiger partial charge in [0.05, 0.1) is 18.2 Å². The highest BCUT2D eigenvalue weighted by Crippen LogP contribution is 2.29. The molecule has 1 amide bonds. The summed E-state index contributed by atoms with van der Waals surface area (Å²) in [5, 5.41) is 3.94. The van der Waals surface area contributed by atoms with Gasteiger partial charge in [-0.1, -0.05) is 11.2 Å². The van der Waals surface area contributed by atoms with Crippen molar-refractivity contribution in [3.05, 3.63) is 66.1 Å². The Kier molecular flexibility index (Phi) is 3.97. The van der Waals surface area contributed by atoms with Crippen LogP contribution in [0.15, 0.2) is 53.2 Å². The van der Waals surface area contributed by atoms with Gasteiger partial charge in [-0.05, 0) is 36.4 Å². The van der Waals surface area contributed by atoms with Gasteiger partial charge in [-0.25, -0.2) is 4.39 Å². The summed E-state index contributed by atoms with van der Waals surface area (Å²) in [6.07, 6.45) is 2.04. The van der Waals surface area contributed by atoms with Crippen molar-refractivity contribution >= 4 is 5.91 Å². The van der Waals surface area contributed by atoms with E-state index in [1.165, 1.54) is 12.1 Å². The zero-order valence-corrected chi connectivity index (χ0v) is 13.3. The van der Waals surface area contributed by atoms with Crippen molar-refractivity contribution in [1.29, 1.82) is 0 Å². The lowest BCUT2D eigenvalue weighted by atomic mass is 10.1. The number of aromatic nitrogens is 3. The third-order valence-electron chi connectivity index (χ3n) is 4.19. The van der Waals surface area contributed by atoms with Crippen LogP contribution in [-0.2, 0) is 11.3 Å². The van der Waals surface area contributed by atoms with Gasteiger partial charge in [0.1, 0.15) is 5.82 Å². The summed E-state index contributed by atoms with van der Waals surface area (Å²) in [7, 11) is 0. The fourth-order valence-corrected chi connectivity index (χ4v) is 2.89. The number of halogens is 1. The standard InChI is InChI=1S/C18H15FN4O2/c19-14-6-4-12(5-7-14)17-21-18(25-22-17)13-9-16(24)23(10-13)11-15-3-1-2-8-20-15/h1-8,13H,9-11H2/t13-/m0/s1. The maximum Gasteiger partial charge on any atom is 0.232 e. The van der Waals surface area contributed by atoms with Crippen LogP contribution >= 0.6 is 0 Å². The SMILES string of the molecule is O=C1C[C@H](c2nc(-c3ccc(F)cc3)no2)CN1Cc1ccccn1. The number of carbonyl (C=O) groups excluding carboxylic acids is 1. The highest BCUT2D eigenvalue weighted by Gasteiger charge is 2.34. The number of amides is 1. The van der Waals surface area contributed by atoms with Crippen LogP contribution in [0.25, 0.3) is 11.4 Å². The molecule has 7 heteroatoms. The quantitative estimate of drug-likeness (QED) is 0.731. The van der Waals surface area contributed by atoms with Crippen LogP contribution in [0.5, 0.6) is 0 Å². The first-order valence-electron chi connectivity index (χ1n) is 7.96. The van der Waals surface area contributed by atoms with Gasteiger partial charge in [0, 0.05) is 24.7 Å². The molecule has 3 heterocycles. The molecule has 6 nitrogen and oxygen atoms in total. The number of pyridine rings is 1. The molecule has 1 atom stereocenters. The van der Waals surface area contributed by atoms with Gasteiger partial charge in [-0.15, -0.1) is 0 Å². The van der Waals surface area contributed by atoms with Crippen molar-refractivity contribution < 1.29 is 13.7 Å². The van der Waals surface area contributed by atoms with Crippen molar-refractivity contribution in [1.82, 2.24) is 20.0 Å². The summed E-state index contributed by atoms with van der Waals surface area (Å²) >= 11 is 0. The topological polar surface area (TPSA) is 72.1 Å². The van der Waals surface area contributed by atoms with Crippen LogP contribution in [0.2, 0.25) is 0 Å². The van der Waals surface area contributed by atoms with Gasteiger partial charge in [0.2, 0.25) is 17.6 Å². The Morgan fingerprint density at radius 3 is 2.80 bits per heavy atom. The van der Waals surface area contributed by atoms with Gasteiger partial charge in [-0.2, -0.15) is 4.98 Å². The Morgan fingerprint density at radius 2 is 2.04 bits per heavy atom. The van der Waals surface area contributed by atoms with Gasteiger partial charge < -0.3 is 9.42 Å². The second kappa shape index (κ2) is 6.43. The largest absolute Gasteiger partial charge is 0.339 e. The highest BCUT2D eigenvalue weighted by molar-refractivity contribution is 5.79. The lowest BCUT2D eigenvalue weighted by molar-refractivity contribution is -0.128. The second-order valence-electron chi connectivity index (χ2n) is 5.96. The van der Waals surface area contributed by atoms with Crippen molar-refractivity contribution in [2.24, 2.45) is 0 Å². The van der Waals surface area contributed by atoms with E-state index in [0.29, 0.717) is 36.8 Å². The molecule has 1 aliphatic rings. The van der Waals surface area contributed by atoms with Gasteiger partial charge in [0.25, 0.3) is 0 Å². The second-order valence-corrected chi connectivity index (χ2v) is 5.96. The normalized spacial score (nSPS) is 17.2. The number of rotatable bonds is 4. The lowest BCUT2D eigenvalue weighted by Crippen LogP contribution is -2.24. The van der Waals surface area contributed by atoms with Gasteiger partial charge >= 0.3 is 0 Å². The number of carbonyl (C=O) groups is 1. The summed E-state index contributed by atoms with van der Waals surface area (Å²) in [4.78, 5) is 22.6. The molecule has 1 aromatic carbocycles. The van der Waals surface area contributed by atoms with Crippen LogP contribution in [-0.4, -0.2) is 32.5 Å². The molecule has 2 aromatic heterocycles. The van der Waals surface area contributed by atoms with E-state index < -0.39 is 0 Å². The maximum atomic E-state index is 13.0. The van der Waals surface area contributed by atoms with E-state index >= 15 is 0 Å². The molecule has 1 aliphatic heterocycles. The fourth-order valence-electron chi connectivity index (χ4n) is 2.89. The first kappa shape index (κ1) is 15.4. The van der Waals surface area contributed by atoms with Crippen LogP contribution in [0.3, 0.4) is 0 Å². The molecular formula is C18H15FN4O2. The molecule has 126 valence electrons. The molecule has 0 N–H and O–H groups in total. The predicted molar refractivity (Wildman–Crippen MR) is 86.7 cm³/mol. The van der Waals surface area contributed by atoms with Gasteiger partial charge in [-0.3, -0.25) is 9.78 Å². The number of hydrogen-bond acceptors (Lipinski definition) is 5. The van der Waals surface area contributed by atoms with E-state index in [-0.39, 0.29) is 17.6 Å². The average molecular weight is 338 g/mol. The average Bonchev–Trinajstić information content (AvgIpc) is 3.24. The first-order chi connectivity index (χ1) is 12.2. The molecule has 0 saturated carbocycles. The number of likely N-dealkylation sites (tertiary alicyclic amines) is 1. The monoisotopic (exact) mass is 338 g/mol. The van der Waals surface area contributed by atoms with E-state index in [9.17, 15) is 9.18 Å². The van der Waals surface area contributed by atoms with E-state index in [1.807, 2.05) is 18.2 Å². The molecule has 0 aliphatic carbocycles. The zero-order chi connectivity index (χ0) is 17.2. The Balaban J connectivity index is 1.48. The molecule has 1 saturated heterocycles. The van der Waals surface area contributed by atoms with Gasteiger partial charge in [0.15, 0.2) is 0 Å². The first-order valence-corrected chi connectivity index (χ1v) is 7.96. The Hall–Kier alpha value is -3.09. The van der Waals surface area contributed by atoms with Crippen LogP contribution in [0, 0.1) is 5.82 Å². The third-order valence-corrected chi connectivity index (χ3v) is 4.19. The van der Waals surface area contributed by atoms with E-state index in [0.717, 1.165) is 5.69 Å². The number of benzene rings is 1. The minimum Gasteiger partial charge on any atom is -0.339 e. The predicted octanol–water partition coefficient (Wildman–Crippen LogP) is 2.79. The lowest BCUT2D eigenvalue weighted by Gasteiger charge is -2.15. The summed E-state index contributed by atoms with van der Waals surface area (Å²) in [5.41, 5.74) is 1.51. The summed E-state index contributed by atoms with van der Waals surface area (Å²) in [6.45, 7) is 0.982. The molecular weight excluding hydrogens is 323 g/mol. The van der Waals surface area contributed by atoms with Crippen LogP contribution < -0.4 is 0 Å². The Labute approximate surface area is 143 Å². The van der Waals surface area contributed by atoms with Crippen LogP contribution in [0.4, 0.5) is 4.39 Å². The van der Waals surface area contributed by atoms with Crippen LogP contribution in [0.1, 0.15) is 23.9 Å². The van der Waals surface area contributed by atoms with E-state index in [2.05, 4.69) is 15.1 Å². The zero-order valence-electron chi connectivity index (χ0n) is 13.3. The Morgan fingerprint density at radius 1 is 1.20 bits per heavy atom. The van der Waals surface area contributed by atoms with Crippen molar-refractivity contribution in [2.75, 3.05) is 6.54 Å². The third kappa shape index (κ3) is 3.26. The summed E-state index contributed by atoms with van der Waals surface area (Å²) in [6, 6.07) is 11.5. The maximum absolute atomic E-state index is 13.0. The molecule has 0 spiro atoms. The molecule has 25 heavy (non-hydrogen) atoms. The Bertz CT molecular complexity index is 880. The molecule has 0 radical (unpaired) electrons. The molecule has 0 bridgehead atoms. The summed E-state index contributed by atoms with van der Waals surface area (Å²) in [5.74, 6) is 0.399. The molecule has 3 aromatic rings. The van der Waals surface area contributed by atoms with Crippen molar-refractivity contribution in [3.8, 4) is 11.4 Å². The number of hydrogen-bond donors (Lipinski definition) is 0. The molecule has 1 fully saturated rings. The van der Waals surface area contributed by atoms with Crippen molar-refractivity contribution in [2.45, 2.75) is 18.9 Å². The van der Waals surface area contributed by atoms with E-state index in [4.69, 9.17) is 4.52 Å². The minimum absolute atomic E-state index is 0.0391. The number of nitrogens with zero attached hydrogens (tertiary/aromatic N) is 4. The summed E-state index contributed by atoms with van der Waals surface area (Å²) < 4.78 is 18.3. The molecule has 0 unspecified atom stereocenters. The minimum atomic E-state index is -0.320. The van der Waals surface area contributed by atoms with Crippen molar-refractivity contribution in [3.63, 3.8) is 0 Å². The molecule has 4 rings (SSSR count).